The lowest BCUT2D eigenvalue weighted by Crippen LogP contribution is -2.12. The van der Waals surface area contributed by atoms with Gasteiger partial charge in [0, 0.05) is 11.8 Å². The fourth-order valence-electron chi connectivity index (χ4n) is 2.15. The zero-order valence-electron chi connectivity index (χ0n) is 13.1. The fraction of sp³-hybridized carbons (Fsp3) is 0.118. The van der Waals surface area contributed by atoms with Crippen molar-refractivity contribution in [2.75, 3.05) is 12.4 Å². The van der Waals surface area contributed by atoms with Crippen LogP contribution in [0.5, 0.6) is 0 Å². The Balaban J connectivity index is 1.71. The summed E-state index contributed by atoms with van der Waals surface area (Å²) < 4.78 is 10.1. The molecule has 0 aliphatic rings. The number of methoxy groups -OCH3 is 1. The van der Waals surface area contributed by atoms with Crippen molar-refractivity contribution in [3.05, 3.63) is 59.5 Å². The minimum absolute atomic E-state index is 0.232. The van der Waals surface area contributed by atoms with Crippen molar-refractivity contribution in [3.8, 4) is 11.5 Å². The Labute approximate surface area is 137 Å². The van der Waals surface area contributed by atoms with Gasteiger partial charge in [-0.05, 0) is 43.3 Å². The van der Waals surface area contributed by atoms with Crippen molar-refractivity contribution < 1.29 is 18.7 Å². The smallest absolute Gasteiger partial charge is 0.337 e. The van der Waals surface area contributed by atoms with Gasteiger partial charge in [-0.25, -0.2) is 4.79 Å². The van der Waals surface area contributed by atoms with Crippen LogP contribution in [0.4, 0.5) is 5.69 Å². The summed E-state index contributed by atoms with van der Waals surface area (Å²) in [5.74, 6) is 0.586. The van der Waals surface area contributed by atoms with Crippen LogP contribution in [0, 0.1) is 6.92 Å². The summed E-state index contributed by atoms with van der Waals surface area (Å²) in [4.78, 5) is 23.6. The molecule has 0 bridgehead atoms. The number of esters is 1. The molecule has 122 valence electrons. The normalized spacial score (nSPS) is 10.4. The summed E-state index contributed by atoms with van der Waals surface area (Å²) in [7, 11) is 1.31. The van der Waals surface area contributed by atoms with Crippen LogP contribution in [0.25, 0.3) is 11.5 Å². The molecule has 3 aromatic rings. The Morgan fingerprint density at radius 1 is 1.17 bits per heavy atom. The molecule has 1 amide bonds. The van der Waals surface area contributed by atoms with Crippen LogP contribution < -0.4 is 5.32 Å². The maximum absolute atomic E-state index is 12.2. The third-order valence-electron chi connectivity index (χ3n) is 3.38. The number of H-pyrrole nitrogens is 1. The first-order chi connectivity index (χ1) is 11.6. The largest absolute Gasteiger partial charge is 0.465 e. The van der Waals surface area contributed by atoms with E-state index in [0.29, 0.717) is 22.7 Å². The molecule has 0 aliphatic carbocycles. The van der Waals surface area contributed by atoms with Crippen molar-refractivity contribution in [1.29, 1.82) is 0 Å². The van der Waals surface area contributed by atoms with E-state index in [1.807, 2.05) is 13.0 Å². The third kappa shape index (κ3) is 3.19. The number of rotatable bonds is 4. The Bertz CT molecular complexity index is 877. The molecule has 0 saturated carbocycles. The molecule has 1 aromatic carbocycles. The van der Waals surface area contributed by atoms with Gasteiger partial charge in [0.05, 0.1) is 12.7 Å². The van der Waals surface area contributed by atoms with Crippen LogP contribution in [0.15, 0.2) is 46.9 Å². The van der Waals surface area contributed by atoms with Gasteiger partial charge in [-0.3, -0.25) is 9.89 Å². The monoisotopic (exact) mass is 325 g/mol. The van der Waals surface area contributed by atoms with Gasteiger partial charge in [-0.15, -0.1) is 0 Å². The summed E-state index contributed by atoms with van der Waals surface area (Å²) in [6, 6.07) is 11.6. The zero-order valence-corrected chi connectivity index (χ0v) is 13.1. The molecule has 7 heteroatoms. The van der Waals surface area contributed by atoms with Gasteiger partial charge in [0.25, 0.3) is 5.91 Å². The molecule has 24 heavy (non-hydrogen) atoms. The molecule has 0 radical (unpaired) electrons. The lowest BCUT2D eigenvalue weighted by atomic mass is 10.2. The minimum Gasteiger partial charge on any atom is -0.465 e. The molecule has 0 saturated heterocycles. The van der Waals surface area contributed by atoms with Crippen LogP contribution in [0.1, 0.15) is 26.6 Å². The molecule has 7 nitrogen and oxygen atoms in total. The number of aromatic amines is 1. The maximum atomic E-state index is 12.2. The van der Waals surface area contributed by atoms with E-state index in [1.165, 1.54) is 7.11 Å². The van der Waals surface area contributed by atoms with E-state index in [0.717, 1.165) is 5.76 Å². The number of hydrogen-bond donors (Lipinski definition) is 2. The van der Waals surface area contributed by atoms with E-state index >= 15 is 0 Å². The molecule has 0 aliphatic heterocycles. The SMILES string of the molecule is COC(=O)c1ccc(NC(=O)c2cc(-c3ccc(C)o3)[nH]n2)cc1. The first-order valence-electron chi connectivity index (χ1n) is 7.19. The summed E-state index contributed by atoms with van der Waals surface area (Å²) >= 11 is 0. The number of carbonyl (C=O) groups excluding carboxylic acids is 2. The highest BCUT2D eigenvalue weighted by atomic mass is 16.5. The molecule has 2 aromatic heterocycles. The standard InChI is InChI=1S/C17H15N3O4/c1-10-3-8-15(24-10)13-9-14(20-19-13)16(21)18-12-6-4-11(5-7-12)17(22)23-2/h3-9H,1-2H3,(H,18,21)(H,19,20). The highest BCUT2D eigenvalue weighted by molar-refractivity contribution is 6.03. The average Bonchev–Trinajstić information content (AvgIpc) is 3.23. The number of nitrogens with one attached hydrogen (secondary N) is 2. The number of benzene rings is 1. The second kappa shape index (κ2) is 6.41. The van der Waals surface area contributed by atoms with Gasteiger partial charge < -0.3 is 14.5 Å². The highest BCUT2D eigenvalue weighted by Crippen LogP contribution is 2.20. The van der Waals surface area contributed by atoms with Crippen LogP contribution >= 0.6 is 0 Å². The zero-order chi connectivity index (χ0) is 17.1. The molecule has 0 fully saturated rings. The first kappa shape index (κ1) is 15.5. The van der Waals surface area contributed by atoms with Gasteiger partial charge >= 0.3 is 5.97 Å². The Hall–Kier alpha value is -3.35. The number of furan rings is 1. The lowest BCUT2D eigenvalue weighted by Gasteiger charge is -2.04. The third-order valence-corrected chi connectivity index (χ3v) is 3.38. The molecule has 2 heterocycles. The van der Waals surface area contributed by atoms with Crippen LogP contribution in [-0.2, 0) is 4.74 Å². The molecule has 0 atom stereocenters. The number of hydrogen-bond acceptors (Lipinski definition) is 5. The minimum atomic E-state index is -0.432. The average molecular weight is 325 g/mol. The van der Waals surface area contributed by atoms with Gasteiger partial charge in [0.1, 0.15) is 11.5 Å². The number of ether oxygens (including phenoxy) is 1. The molecule has 2 N–H and O–H groups in total. The number of nitrogens with zero attached hydrogens (tertiary/aromatic N) is 1. The van der Waals surface area contributed by atoms with Gasteiger partial charge in [-0.1, -0.05) is 0 Å². The van der Waals surface area contributed by atoms with Crippen molar-refractivity contribution >= 4 is 17.6 Å². The highest BCUT2D eigenvalue weighted by Gasteiger charge is 2.14. The molecule has 0 spiro atoms. The second-order valence-electron chi connectivity index (χ2n) is 5.10. The first-order valence-corrected chi connectivity index (χ1v) is 7.19. The van der Waals surface area contributed by atoms with Crippen LogP contribution in [-0.4, -0.2) is 29.2 Å². The molecule has 3 rings (SSSR count). The van der Waals surface area contributed by atoms with Gasteiger partial charge in [0.15, 0.2) is 11.5 Å². The Morgan fingerprint density at radius 2 is 1.92 bits per heavy atom. The van der Waals surface area contributed by atoms with Gasteiger partial charge in [0.2, 0.25) is 0 Å². The van der Waals surface area contributed by atoms with E-state index < -0.39 is 5.97 Å². The summed E-state index contributed by atoms with van der Waals surface area (Å²) in [5.41, 5.74) is 1.81. The summed E-state index contributed by atoms with van der Waals surface area (Å²) in [6.07, 6.45) is 0. The maximum Gasteiger partial charge on any atom is 0.337 e. The van der Waals surface area contributed by atoms with Crippen molar-refractivity contribution in [2.45, 2.75) is 6.92 Å². The molecular formula is C17H15N3O4. The van der Waals surface area contributed by atoms with Crippen LogP contribution in [0.2, 0.25) is 0 Å². The summed E-state index contributed by atoms with van der Waals surface area (Å²) in [6.45, 7) is 1.84. The number of aromatic nitrogens is 2. The fourth-order valence-corrected chi connectivity index (χ4v) is 2.15. The van der Waals surface area contributed by atoms with Crippen LogP contribution in [0.3, 0.4) is 0 Å². The predicted molar refractivity (Wildman–Crippen MR) is 86.8 cm³/mol. The van der Waals surface area contributed by atoms with Crippen molar-refractivity contribution in [3.63, 3.8) is 0 Å². The van der Waals surface area contributed by atoms with Gasteiger partial charge in [-0.2, -0.15) is 5.10 Å². The van der Waals surface area contributed by atoms with E-state index in [9.17, 15) is 9.59 Å². The van der Waals surface area contributed by atoms with E-state index in [4.69, 9.17) is 4.42 Å². The predicted octanol–water partition coefficient (Wildman–Crippen LogP) is 3.02. The lowest BCUT2D eigenvalue weighted by molar-refractivity contribution is 0.0600. The molecule has 0 unspecified atom stereocenters. The van der Waals surface area contributed by atoms with E-state index in [-0.39, 0.29) is 11.6 Å². The second-order valence-corrected chi connectivity index (χ2v) is 5.10. The number of amides is 1. The van der Waals surface area contributed by atoms with E-state index in [1.54, 1.807) is 36.4 Å². The summed E-state index contributed by atoms with van der Waals surface area (Å²) in [5, 5.41) is 9.46. The van der Waals surface area contributed by atoms with Crippen molar-refractivity contribution in [2.24, 2.45) is 0 Å². The Morgan fingerprint density at radius 3 is 2.54 bits per heavy atom. The quantitative estimate of drug-likeness (QED) is 0.719. The Kier molecular flexibility index (Phi) is 4.15. The topological polar surface area (TPSA) is 97.2 Å². The van der Waals surface area contributed by atoms with Crippen molar-refractivity contribution in [1.82, 2.24) is 10.2 Å². The number of anilines is 1. The number of carbonyl (C=O) groups is 2. The molecular weight excluding hydrogens is 310 g/mol. The van der Waals surface area contributed by atoms with E-state index in [2.05, 4.69) is 20.3 Å². The number of aryl methyl sites for hydroxylation is 1.